The van der Waals surface area contributed by atoms with Gasteiger partial charge in [0.15, 0.2) is 0 Å². The van der Waals surface area contributed by atoms with Crippen molar-refractivity contribution in [1.29, 1.82) is 0 Å². The molecule has 0 aliphatic carbocycles. The van der Waals surface area contributed by atoms with E-state index in [1.807, 2.05) is 0 Å². The van der Waals surface area contributed by atoms with E-state index in [0.717, 1.165) is 0 Å². The number of hydrogen-bond donors (Lipinski definition) is 1. The number of carboxylic acids is 1. The number of nitrogens with zero attached hydrogens (tertiary/aromatic N) is 1. The number of halogens is 15. The predicted molar refractivity (Wildman–Crippen MR) is 88.7 cm³/mol. The van der Waals surface area contributed by atoms with Gasteiger partial charge < -0.3 is 14.4 Å². The number of alkyl halides is 15. The van der Waals surface area contributed by atoms with E-state index in [0.29, 0.717) is 4.72 Å². The maximum absolute atomic E-state index is 13.9. The van der Waals surface area contributed by atoms with Crippen LogP contribution < -0.4 is 9.83 Å². The van der Waals surface area contributed by atoms with Gasteiger partial charge in [-0.15, -0.1) is 0 Å². The van der Waals surface area contributed by atoms with Gasteiger partial charge in [0.25, 0.3) is 10.0 Å². The Morgan fingerprint density at radius 2 is 1.08 bits per heavy atom. The summed E-state index contributed by atoms with van der Waals surface area (Å²) < 4.78 is 220. The maximum Gasteiger partial charge on any atom is 0.460 e. The Morgan fingerprint density at radius 3 is 1.46 bits per heavy atom. The molecule has 6 nitrogen and oxygen atoms in total. The third-order valence-corrected chi connectivity index (χ3v) is 6.31. The number of rotatable bonds is 14. The zero-order valence-electron chi connectivity index (χ0n) is 18.2. The molecular formula is C15H17F15N2O4S. The highest BCUT2D eigenvalue weighted by molar-refractivity contribution is 7.90. The molecule has 0 unspecified atom stereocenters. The molecule has 1 N–H and O–H groups in total. The van der Waals surface area contributed by atoms with Crippen LogP contribution in [0.4, 0.5) is 65.9 Å². The number of carboxylic acid groups (broad SMARTS) is 1. The van der Waals surface area contributed by atoms with E-state index in [4.69, 9.17) is 0 Å². The minimum absolute atomic E-state index is 0.207. The van der Waals surface area contributed by atoms with Crippen LogP contribution in [0.15, 0.2) is 0 Å². The van der Waals surface area contributed by atoms with Crippen molar-refractivity contribution in [3.05, 3.63) is 0 Å². The van der Waals surface area contributed by atoms with Crippen LogP contribution in [0.3, 0.4) is 0 Å². The van der Waals surface area contributed by atoms with Crippen LogP contribution in [0.25, 0.3) is 0 Å². The molecule has 0 rings (SSSR count). The summed E-state index contributed by atoms with van der Waals surface area (Å²) in [7, 11) is -4.64. The fourth-order valence-electron chi connectivity index (χ4n) is 2.43. The Hall–Kier alpha value is -1.71. The quantitative estimate of drug-likeness (QED) is 0.187. The average molecular weight is 606 g/mol. The fourth-order valence-corrected chi connectivity index (χ4v) is 3.49. The van der Waals surface area contributed by atoms with E-state index in [-0.39, 0.29) is 17.6 Å². The number of carbonyl (C=O) groups is 1. The number of sulfonamides is 1. The topological polar surface area (TPSA) is 86.3 Å². The van der Waals surface area contributed by atoms with Gasteiger partial charge in [-0.2, -0.15) is 65.9 Å². The highest BCUT2D eigenvalue weighted by Gasteiger charge is 2.94. The van der Waals surface area contributed by atoms with Gasteiger partial charge in [0.1, 0.15) is 0 Å². The van der Waals surface area contributed by atoms with Gasteiger partial charge in [-0.1, -0.05) is 0 Å². The summed E-state index contributed by atoms with van der Waals surface area (Å²) in [4.78, 5) is 10.4. The smallest absolute Gasteiger partial charge is 0.460 e. The van der Waals surface area contributed by atoms with Crippen molar-refractivity contribution >= 4 is 16.0 Å². The van der Waals surface area contributed by atoms with Crippen LogP contribution in [0.2, 0.25) is 0 Å². The Balaban J connectivity index is 6.05. The molecule has 222 valence electrons. The van der Waals surface area contributed by atoms with Gasteiger partial charge >= 0.3 is 41.0 Å². The first kappa shape index (κ1) is 35.3. The van der Waals surface area contributed by atoms with Crippen molar-refractivity contribution in [3.63, 3.8) is 0 Å². The monoisotopic (exact) mass is 606 g/mol. The van der Waals surface area contributed by atoms with Crippen LogP contribution in [-0.4, -0.2) is 93.6 Å². The summed E-state index contributed by atoms with van der Waals surface area (Å²) in [6.45, 7) is -1.86. The molecule has 0 aliphatic heterocycles. The van der Waals surface area contributed by atoms with Gasteiger partial charge in [0, 0.05) is 25.4 Å². The summed E-state index contributed by atoms with van der Waals surface area (Å²) in [5, 5.41) is 2.93. The maximum atomic E-state index is 13.9. The van der Waals surface area contributed by atoms with Gasteiger partial charge in [0.2, 0.25) is 0 Å². The minimum atomic E-state index is -8.60. The zero-order chi connectivity index (χ0) is 30.3. The van der Waals surface area contributed by atoms with Crippen LogP contribution in [0, 0.1) is 0 Å². The normalized spacial score (nSPS) is 15.7. The van der Waals surface area contributed by atoms with Crippen molar-refractivity contribution in [3.8, 4) is 0 Å². The van der Waals surface area contributed by atoms with Crippen molar-refractivity contribution in [1.82, 2.24) is 4.72 Å². The summed E-state index contributed by atoms with van der Waals surface area (Å²) in [6, 6.07) is 0. The standard InChI is InChI=1S/C15H17F15N2O4S/c1-32(2,7-4-8(33)34)6-3-5-31-37(35,36)15(29,30)13(24,25)11(20,21)9(16,17)10(18,19)12(22,23)14(26,27)28/h31H,3-7H2,1-2H3. The molecule has 0 atom stereocenters. The molecule has 0 amide bonds. The molecule has 0 heterocycles. The number of aliphatic carboxylic acids is 1. The Morgan fingerprint density at radius 1 is 0.703 bits per heavy atom. The van der Waals surface area contributed by atoms with Crippen LogP contribution in [0.1, 0.15) is 12.8 Å². The third-order valence-electron chi connectivity index (χ3n) is 4.79. The molecule has 0 aliphatic rings. The van der Waals surface area contributed by atoms with Gasteiger partial charge in [-0.3, -0.25) is 0 Å². The number of quaternary nitrogens is 1. The molecular weight excluding hydrogens is 589 g/mol. The van der Waals surface area contributed by atoms with Gasteiger partial charge in [-0.25, -0.2) is 13.1 Å². The first-order valence-electron chi connectivity index (χ1n) is 9.22. The fraction of sp³-hybridized carbons (Fsp3) is 0.933. The lowest BCUT2D eigenvalue weighted by Crippen LogP contribution is -2.73. The minimum Gasteiger partial charge on any atom is -0.550 e. The molecule has 0 radical (unpaired) electrons. The molecule has 0 fully saturated rings. The van der Waals surface area contributed by atoms with E-state index < -0.39 is 76.4 Å². The van der Waals surface area contributed by atoms with Crippen LogP contribution in [-0.2, 0) is 14.8 Å². The van der Waals surface area contributed by atoms with E-state index in [1.165, 1.54) is 14.1 Å². The molecule has 0 spiro atoms. The summed E-state index contributed by atoms with van der Waals surface area (Å²) in [6.07, 6.45) is -8.97. The summed E-state index contributed by atoms with van der Waals surface area (Å²) >= 11 is 0. The van der Waals surface area contributed by atoms with E-state index >= 15 is 0 Å². The van der Waals surface area contributed by atoms with Crippen molar-refractivity contribution in [2.45, 2.75) is 53.9 Å². The number of carbonyl (C=O) groups excluding carboxylic acids is 1. The molecule has 22 heteroatoms. The summed E-state index contributed by atoms with van der Waals surface area (Å²) in [5.74, 6) is -43.5. The highest BCUT2D eigenvalue weighted by Crippen LogP contribution is 2.62. The third kappa shape index (κ3) is 6.14. The van der Waals surface area contributed by atoms with Gasteiger partial charge in [-0.05, 0) is 0 Å². The lowest BCUT2D eigenvalue weighted by atomic mass is 9.94. The molecule has 0 aromatic rings. The molecule has 0 bridgehead atoms. The number of hydrogen-bond acceptors (Lipinski definition) is 4. The van der Waals surface area contributed by atoms with Crippen molar-refractivity contribution in [2.24, 2.45) is 0 Å². The lowest BCUT2D eigenvalue weighted by molar-refractivity contribution is -0.890. The average Bonchev–Trinajstić information content (AvgIpc) is 2.68. The van der Waals surface area contributed by atoms with E-state index in [2.05, 4.69) is 0 Å². The predicted octanol–water partition coefficient (Wildman–Crippen LogP) is 2.84. The second-order valence-corrected chi connectivity index (χ2v) is 9.95. The second-order valence-electron chi connectivity index (χ2n) is 8.14. The van der Waals surface area contributed by atoms with Crippen molar-refractivity contribution in [2.75, 3.05) is 33.7 Å². The van der Waals surface area contributed by atoms with E-state index in [1.54, 1.807) is 0 Å². The Labute approximate surface area is 198 Å². The number of nitrogens with one attached hydrogen (secondary N) is 1. The second kappa shape index (κ2) is 10.1. The van der Waals surface area contributed by atoms with E-state index in [9.17, 15) is 84.2 Å². The summed E-state index contributed by atoms with van der Waals surface area (Å²) in [5.41, 5.74) is 0. The molecule has 37 heavy (non-hydrogen) atoms. The molecule has 0 aromatic carbocycles. The first-order chi connectivity index (χ1) is 15.9. The molecule has 0 saturated heterocycles. The van der Waals surface area contributed by atoms with Crippen LogP contribution >= 0.6 is 0 Å². The Bertz CT molecular complexity index is 932. The largest absolute Gasteiger partial charge is 0.550 e. The molecule has 0 aromatic heterocycles. The lowest BCUT2D eigenvalue weighted by Gasteiger charge is -2.41. The SMILES string of the molecule is C[N+](C)(CCCNS(=O)(=O)C(F)(F)C(F)(F)C(F)(F)C(F)(F)C(F)(F)C(F)(F)C(F)(F)F)CCC(=O)[O-]. The molecule has 0 saturated carbocycles. The van der Waals surface area contributed by atoms with Gasteiger partial charge in [0.05, 0.1) is 27.2 Å². The highest BCUT2D eigenvalue weighted by atomic mass is 32.2. The zero-order valence-corrected chi connectivity index (χ0v) is 19.0. The van der Waals surface area contributed by atoms with Crippen LogP contribution in [0.5, 0.6) is 0 Å². The first-order valence-corrected chi connectivity index (χ1v) is 10.7. The van der Waals surface area contributed by atoms with Crippen molar-refractivity contribution < 1.29 is 88.7 Å². The Kier molecular flexibility index (Phi) is 9.65.